The first-order valence-electron chi connectivity index (χ1n) is 2.95. The molecule has 0 bridgehead atoms. The molecule has 0 aromatic carbocycles. The van der Waals surface area contributed by atoms with Gasteiger partial charge in [0.15, 0.2) is 6.10 Å². The van der Waals surface area contributed by atoms with Gasteiger partial charge in [0.1, 0.15) is 5.92 Å². The Kier molecular flexibility index (Phi) is 3.52. The summed E-state index contributed by atoms with van der Waals surface area (Å²) < 4.78 is 34.8. The van der Waals surface area contributed by atoms with Gasteiger partial charge in [0.05, 0.1) is 12.1 Å². The molecule has 0 saturated carbocycles. The van der Waals surface area contributed by atoms with Crippen LogP contribution in [0, 0.1) is 28.6 Å². The predicted molar refractivity (Wildman–Crippen MR) is 31.4 cm³/mol. The zero-order chi connectivity index (χ0) is 9.78. The van der Waals surface area contributed by atoms with Crippen LogP contribution in [0.3, 0.4) is 0 Å². The number of hydrogen-bond donors (Lipinski definition) is 1. The Morgan fingerprint density at radius 2 is 1.67 bits per heavy atom. The maximum Gasteiger partial charge on any atom is 0.414 e. The molecule has 0 aliphatic heterocycles. The quantitative estimate of drug-likeness (QED) is 0.684. The summed E-state index contributed by atoms with van der Waals surface area (Å²) in [6, 6.07) is 2.67. The van der Waals surface area contributed by atoms with Crippen molar-refractivity contribution >= 4 is 0 Å². The van der Waals surface area contributed by atoms with Crippen LogP contribution in [-0.2, 0) is 0 Å². The number of hydrogen-bond acceptors (Lipinski definition) is 3. The molecule has 0 saturated heterocycles. The number of rotatable bonds is 2. The van der Waals surface area contributed by atoms with Crippen molar-refractivity contribution in [1.29, 1.82) is 10.5 Å². The Balaban J connectivity index is 4.12. The maximum atomic E-state index is 11.6. The third-order valence-electron chi connectivity index (χ3n) is 1.15. The molecule has 1 atom stereocenters. The number of nitriles is 2. The standard InChI is InChI=1S/C6H5F3N2O/c7-6(8,9)5(12)1-4(2-10)3-11/h4-5,12H,1H2/t5-/m0/s1. The largest absolute Gasteiger partial charge is 0.414 e. The highest BCUT2D eigenvalue weighted by Crippen LogP contribution is 2.24. The molecule has 66 valence electrons. The summed E-state index contributed by atoms with van der Waals surface area (Å²) in [5.41, 5.74) is 0. The van der Waals surface area contributed by atoms with Gasteiger partial charge in [-0.15, -0.1) is 0 Å². The minimum absolute atomic E-state index is 0.892. The molecule has 0 spiro atoms. The van der Waals surface area contributed by atoms with Gasteiger partial charge in [-0.3, -0.25) is 0 Å². The van der Waals surface area contributed by atoms with Gasteiger partial charge in [-0.05, 0) is 0 Å². The third-order valence-corrected chi connectivity index (χ3v) is 1.15. The van der Waals surface area contributed by atoms with E-state index in [0.717, 1.165) is 0 Å². The minimum atomic E-state index is -4.76. The molecule has 0 amide bonds. The monoisotopic (exact) mass is 178 g/mol. The first kappa shape index (κ1) is 10.7. The first-order valence-corrected chi connectivity index (χ1v) is 2.95. The molecule has 6 heteroatoms. The summed E-state index contributed by atoms with van der Waals surface area (Å²) >= 11 is 0. The molecule has 0 rings (SSSR count). The van der Waals surface area contributed by atoms with Crippen molar-refractivity contribution in [3.63, 3.8) is 0 Å². The normalized spacial score (nSPS) is 13.6. The van der Waals surface area contributed by atoms with Gasteiger partial charge < -0.3 is 5.11 Å². The molecule has 0 aliphatic carbocycles. The Labute approximate surface area is 66.6 Å². The van der Waals surface area contributed by atoms with Gasteiger partial charge >= 0.3 is 6.18 Å². The summed E-state index contributed by atoms with van der Waals surface area (Å²) in [5.74, 6) is -1.42. The molecule has 3 nitrogen and oxygen atoms in total. The second-order valence-corrected chi connectivity index (χ2v) is 2.10. The second-order valence-electron chi connectivity index (χ2n) is 2.10. The topological polar surface area (TPSA) is 67.8 Å². The van der Waals surface area contributed by atoms with E-state index in [1.165, 1.54) is 12.1 Å². The number of aliphatic hydroxyl groups excluding tert-OH is 1. The molecule has 0 aromatic heterocycles. The lowest BCUT2D eigenvalue weighted by atomic mass is 10.0. The van der Waals surface area contributed by atoms with E-state index in [0.29, 0.717) is 0 Å². The van der Waals surface area contributed by atoms with E-state index in [9.17, 15) is 13.2 Å². The van der Waals surface area contributed by atoms with E-state index in [4.69, 9.17) is 15.6 Å². The van der Waals surface area contributed by atoms with Gasteiger partial charge in [0.2, 0.25) is 0 Å². The summed E-state index contributed by atoms with van der Waals surface area (Å²) in [7, 11) is 0. The van der Waals surface area contributed by atoms with Crippen LogP contribution in [0.2, 0.25) is 0 Å². The van der Waals surface area contributed by atoms with Crippen LogP contribution >= 0.6 is 0 Å². The molecule has 0 unspecified atom stereocenters. The number of alkyl halides is 3. The number of aliphatic hydroxyl groups is 1. The summed E-state index contributed by atoms with van der Waals surface area (Å²) in [6.45, 7) is 0. The van der Waals surface area contributed by atoms with Crippen molar-refractivity contribution in [1.82, 2.24) is 0 Å². The molecule has 1 N–H and O–H groups in total. The highest BCUT2D eigenvalue weighted by molar-refractivity contribution is 5.00. The lowest BCUT2D eigenvalue weighted by Crippen LogP contribution is -2.30. The van der Waals surface area contributed by atoms with Crippen LogP contribution in [0.15, 0.2) is 0 Å². The Morgan fingerprint density at radius 3 is 1.92 bits per heavy atom. The molecular weight excluding hydrogens is 173 g/mol. The zero-order valence-corrected chi connectivity index (χ0v) is 5.84. The highest BCUT2D eigenvalue weighted by Gasteiger charge is 2.39. The lowest BCUT2D eigenvalue weighted by molar-refractivity contribution is -0.206. The average molecular weight is 178 g/mol. The lowest BCUT2D eigenvalue weighted by Gasteiger charge is -2.13. The van der Waals surface area contributed by atoms with Crippen LogP contribution < -0.4 is 0 Å². The summed E-state index contributed by atoms with van der Waals surface area (Å²) in [4.78, 5) is 0. The highest BCUT2D eigenvalue weighted by atomic mass is 19.4. The SMILES string of the molecule is N#CC(C#N)C[C@H](O)C(F)(F)F. The fraction of sp³-hybridized carbons (Fsp3) is 0.667. The predicted octanol–water partition coefficient (Wildman–Crippen LogP) is 0.963. The molecule has 0 aliphatic rings. The summed E-state index contributed by atoms with van der Waals surface area (Å²) in [5, 5.41) is 24.6. The zero-order valence-electron chi connectivity index (χ0n) is 5.84. The maximum absolute atomic E-state index is 11.6. The molecular formula is C6H5F3N2O. The smallest absolute Gasteiger partial charge is 0.384 e. The van der Waals surface area contributed by atoms with Crippen LogP contribution in [0.1, 0.15) is 6.42 Å². The van der Waals surface area contributed by atoms with E-state index in [1.807, 2.05) is 0 Å². The fourth-order valence-corrected chi connectivity index (χ4v) is 0.491. The second kappa shape index (κ2) is 3.93. The van der Waals surface area contributed by atoms with E-state index in [2.05, 4.69) is 0 Å². The third kappa shape index (κ3) is 3.22. The molecule has 12 heavy (non-hydrogen) atoms. The van der Waals surface area contributed by atoms with Crippen molar-refractivity contribution in [2.75, 3.05) is 0 Å². The summed E-state index contributed by atoms with van der Waals surface area (Å²) in [6.07, 6.45) is -8.25. The fourth-order valence-electron chi connectivity index (χ4n) is 0.491. The Hall–Kier alpha value is -1.27. The van der Waals surface area contributed by atoms with Crippen molar-refractivity contribution < 1.29 is 18.3 Å². The van der Waals surface area contributed by atoms with Gasteiger partial charge in [-0.25, -0.2) is 0 Å². The molecule has 0 heterocycles. The van der Waals surface area contributed by atoms with Gasteiger partial charge in [-0.1, -0.05) is 0 Å². The molecule has 0 radical (unpaired) electrons. The van der Waals surface area contributed by atoms with Crippen LogP contribution in [0.25, 0.3) is 0 Å². The minimum Gasteiger partial charge on any atom is -0.384 e. The molecule has 0 aromatic rings. The van der Waals surface area contributed by atoms with Gasteiger partial charge in [0.25, 0.3) is 0 Å². The number of halogens is 3. The first-order chi connectivity index (χ1) is 5.41. The van der Waals surface area contributed by atoms with Gasteiger partial charge in [0, 0.05) is 6.42 Å². The van der Waals surface area contributed by atoms with Crippen LogP contribution in [-0.4, -0.2) is 17.4 Å². The number of nitrogens with zero attached hydrogens (tertiary/aromatic N) is 2. The Morgan fingerprint density at radius 1 is 1.25 bits per heavy atom. The van der Waals surface area contributed by atoms with Crippen LogP contribution in [0.5, 0.6) is 0 Å². The van der Waals surface area contributed by atoms with Crippen molar-refractivity contribution in [2.45, 2.75) is 18.7 Å². The van der Waals surface area contributed by atoms with Crippen molar-refractivity contribution in [3.05, 3.63) is 0 Å². The van der Waals surface area contributed by atoms with E-state index < -0.39 is 24.6 Å². The van der Waals surface area contributed by atoms with Crippen molar-refractivity contribution in [2.24, 2.45) is 5.92 Å². The Bertz CT molecular complexity index is 210. The van der Waals surface area contributed by atoms with Crippen LogP contribution in [0.4, 0.5) is 13.2 Å². The van der Waals surface area contributed by atoms with E-state index in [1.54, 1.807) is 0 Å². The average Bonchev–Trinajstić information content (AvgIpc) is 1.97. The molecule has 0 fully saturated rings. The van der Waals surface area contributed by atoms with E-state index >= 15 is 0 Å². The van der Waals surface area contributed by atoms with E-state index in [-0.39, 0.29) is 0 Å². The van der Waals surface area contributed by atoms with Gasteiger partial charge in [-0.2, -0.15) is 23.7 Å². The van der Waals surface area contributed by atoms with Crippen molar-refractivity contribution in [3.8, 4) is 12.1 Å².